The molecule has 0 spiro atoms. The van der Waals surface area contributed by atoms with Gasteiger partial charge < -0.3 is 20.5 Å². The van der Waals surface area contributed by atoms with E-state index in [0.717, 1.165) is 12.1 Å². The molecular formula is C18H16ClFN2O5. The number of amides is 2. The average Bonchev–Trinajstić information content (AvgIpc) is 2.62. The second kappa shape index (κ2) is 9.00. The number of nitrogens with one attached hydrogen (secondary N) is 1. The first-order valence-corrected chi connectivity index (χ1v) is 8.12. The van der Waals surface area contributed by atoms with Crippen LogP contribution in [0.25, 0.3) is 0 Å². The van der Waals surface area contributed by atoms with E-state index in [2.05, 4.69) is 5.32 Å². The van der Waals surface area contributed by atoms with Crippen molar-refractivity contribution in [1.29, 1.82) is 0 Å². The second-order valence-electron chi connectivity index (χ2n) is 5.39. The largest absolute Gasteiger partial charge is 0.481 e. The first-order valence-electron chi connectivity index (χ1n) is 7.75. The number of rotatable bonds is 7. The lowest BCUT2D eigenvalue weighted by molar-refractivity contribution is -0.155. The molecule has 0 aliphatic carbocycles. The number of halogens is 2. The number of nitrogens with two attached hydrogens (primary N) is 1. The maximum atomic E-state index is 13.0. The third-order valence-corrected chi connectivity index (χ3v) is 3.68. The number of esters is 1. The fraction of sp³-hybridized carbons (Fsp3) is 0.167. The average molecular weight is 395 g/mol. The summed E-state index contributed by atoms with van der Waals surface area (Å²) in [6.45, 7) is 0.821. The van der Waals surface area contributed by atoms with Crippen LogP contribution < -0.4 is 15.8 Å². The van der Waals surface area contributed by atoms with Gasteiger partial charge in [0.15, 0.2) is 12.7 Å². The van der Waals surface area contributed by atoms with Crippen LogP contribution >= 0.6 is 11.6 Å². The molecule has 2 aromatic rings. The lowest BCUT2D eigenvalue weighted by Gasteiger charge is -2.15. The van der Waals surface area contributed by atoms with Crippen LogP contribution in [0.5, 0.6) is 5.75 Å². The van der Waals surface area contributed by atoms with Crippen molar-refractivity contribution in [2.75, 3.05) is 11.9 Å². The lowest BCUT2D eigenvalue weighted by atomic mass is 10.2. The Morgan fingerprint density at radius 3 is 2.59 bits per heavy atom. The molecule has 0 heterocycles. The minimum Gasteiger partial charge on any atom is -0.481 e. The Bertz CT molecular complexity index is 875. The minimum absolute atomic E-state index is 0.00766. The molecule has 0 aromatic heterocycles. The molecule has 0 aliphatic rings. The molecule has 0 fully saturated rings. The summed E-state index contributed by atoms with van der Waals surface area (Å²) >= 11 is 5.82. The van der Waals surface area contributed by atoms with Gasteiger partial charge in [0.1, 0.15) is 11.6 Å². The van der Waals surface area contributed by atoms with E-state index < -0.39 is 36.3 Å². The van der Waals surface area contributed by atoms with Crippen molar-refractivity contribution in [3.63, 3.8) is 0 Å². The van der Waals surface area contributed by atoms with E-state index in [1.165, 1.54) is 25.1 Å². The molecule has 9 heteroatoms. The van der Waals surface area contributed by atoms with Gasteiger partial charge >= 0.3 is 5.97 Å². The summed E-state index contributed by atoms with van der Waals surface area (Å²) in [5.41, 5.74) is 5.51. The van der Waals surface area contributed by atoms with E-state index >= 15 is 0 Å². The lowest BCUT2D eigenvalue weighted by Crippen LogP contribution is -2.31. The number of carbonyl (C=O) groups excluding carboxylic acids is 3. The Balaban J connectivity index is 1.89. The highest BCUT2D eigenvalue weighted by Crippen LogP contribution is 2.22. The maximum absolute atomic E-state index is 13.0. The van der Waals surface area contributed by atoms with Crippen LogP contribution in [0.15, 0.2) is 42.5 Å². The zero-order valence-electron chi connectivity index (χ0n) is 14.2. The molecule has 0 unspecified atom stereocenters. The molecule has 3 N–H and O–H groups in total. The van der Waals surface area contributed by atoms with Gasteiger partial charge in [-0.2, -0.15) is 0 Å². The maximum Gasteiger partial charge on any atom is 0.344 e. The Hall–Kier alpha value is -3.13. The highest BCUT2D eigenvalue weighted by Gasteiger charge is 2.20. The molecule has 0 saturated heterocycles. The first kappa shape index (κ1) is 20.2. The standard InChI is InChI=1S/C18H16ClFN2O5/c1-10(18(25)22-14-7-6-11(20)8-13(14)19)27-16(23)9-26-15-5-3-2-4-12(15)17(21)24/h2-8,10H,9H2,1H3,(H2,21,24)(H,22,25)/t10-/m0/s1. The van der Waals surface area contributed by atoms with E-state index in [-0.39, 0.29) is 22.0 Å². The van der Waals surface area contributed by atoms with Crippen molar-refractivity contribution < 1.29 is 28.2 Å². The van der Waals surface area contributed by atoms with Crippen LogP contribution in [0.1, 0.15) is 17.3 Å². The zero-order chi connectivity index (χ0) is 20.0. The summed E-state index contributed by atoms with van der Waals surface area (Å²) in [6.07, 6.45) is -1.16. The van der Waals surface area contributed by atoms with Crippen LogP contribution in [-0.4, -0.2) is 30.5 Å². The SMILES string of the molecule is C[C@H](OC(=O)COc1ccccc1C(N)=O)C(=O)Nc1ccc(F)cc1Cl. The number of hydrogen-bond donors (Lipinski definition) is 2. The Kier molecular flexibility index (Phi) is 6.73. The number of benzene rings is 2. The predicted octanol–water partition coefficient (Wildman–Crippen LogP) is 2.53. The molecule has 0 radical (unpaired) electrons. The monoisotopic (exact) mass is 394 g/mol. The molecule has 142 valence electrons. The summed E-state index contributed by atoms with van der Waals surface area (Å²) in [4.78, 5) is 35.2. The number of para-hydroxylation sites is 1. The number of carbonyl (C=O) groups is 3. The summed E-state index contributed by atoms with van der Waals surface area (Å²) < 4.78 is 23.2. The summed E-state index contributed by atoms with van der Waals surface area (Å²) in [5, 5.41) is 2.43. The summed E-state index contributed by atoms with van der Waals surface area (Å²) in [6, 6.07) is 9.58. The van der Waals surface area contributed by atoms with Crippen molar-refractivity contribution in [3.05, 3.63) is 58.9 Å². The van der Waals surface area contributed by atoms with Crippen molar-refractivity contribution in [3.8, 4) is 5.75 Å². The van der Waals surface area contributed by atoms with E-state index in [4.69, 9.17) is 26.8 Å². The Labute approximate surface area is 159 Å². The quantitative estimate of drug-likeness (QED) is 0.701. The number of anilines is 1. The van der Waals surface area contributed by atoms with E-state index in [9.17, 15) is 18.8 Å². The predicted molar refractivity (Wildman–Crippen MR) is 96.0 cm³/mol. The number of ether oxygens (including phenoxy) is 2. The third kappa shape index (κ3) is 5.68. The van der Waals surface area contributed by atoms with Crippen molar-refractivity contribution in [1.82, 2.24) is 0 Å². The molecule has 2 aromatic carbocycles. The van der Waals surface area contributed by atoms with Gasteiger partial charge in [0.25, 0.3) is 11.8 Å². The second-order valence-corrected chi connectivity index (χ2v) is 5.80. The van der Waals surface area contributed by atoms with Crippen LogP contribution in [0.3, 0.4) is 0 Å². The van der Waals surface area contributed by atoms with E-state index in [1.54, 1.807) is 12.1 Å². The topological polar surface area (TPSA) is 108 Å². The highest BCUT2D eigenvalue weighted by atomic mass is 35.5. The Morgan fingerprint density at radius 2 is 1.93 bits per heavy atom. The molecule has 2 amide bonds. The zero-order valence-corrected chi connectivity index (χ0v) is 15.0. The van der Waals surface area contributed by atoms with Gasteiger partial charge in [-0.1, -0.05) is 23.7 Å². The van der Waals surface area contributed by atoms with Crippen LogP contribution in [0.2, 0.25) is 5.02 Å². The van der Waals surface area contributed by atoms with Gasteiger partial charge in [0.2, 0.25) is 0 Å². The molecule has 0 saturated carbocycles. The van der Waals surface area contributed by atoms with E-state index in [1.807, 2.05) is 0 Å². The molecule has 27 heavy (non-hydrogen) atoms. The molecule has 7 nitrogen and oxygen atoms in total. The molecule has 2 rings (SSSR count). The molecule has 1 atom stereocenters. The van der Waals surface area contributed by atoms with Gasteiger partial charge in [-0.3, -0.25) is 9.59 Å². The van der Waals surface area contributed by atoms with Crippen molar-refractivity contribution in [2.45, 2.75) is 13.0 Å². The van der Waals surface area contributed by atoms with Gasteiger partial charge in [-0.25, -0.2) is 9.18 Å². The number of hydrogen-bond acceptors (Lipinski definition) is 5. The summed E-state index contributed by atoms with van der Waals surface area (Å²) in [5.74, 6) is -2.62. The van der Waals surface area contributed by atoms with Gasteiger partial charge in [0.05, 0.1) is 16.3 Å². The fourth-order valence-electron chi connectivity index (χ4n) is 2.04. The van der Waals surface area contributed by atoms with Gasteiger partial charge in [-0.15, -0.1) is 0 Å². The van der Waals surface area contributed by atoms with Crippen LogP contribution in [-0.2, 0) is 14.3 Å². The summed E-state index contributed by atoms with van der Waals surface area (Å²) in [7, 11) is 0. The Morgan fingerprint density at radius 1 is 1.22 bits per heavy atom. The molecule has 0 bridgehead atoms. The number of primary amides is 1. The van der Waals surface area contributed by atoms with Crippen molar-refractivity contribution >= 4 is 35.1 Å². The highest BCUT2D eigenvalue weighted by molar-refractivity contribution is 6.33. The normalized spacial score (nSPS) is 11.4. The van der Waals surface area contributed by atoms with Crippen molar-refractivity contribution in [2.24, 2.45) is 5.73 Å². The van der Waals surface area contributed by atoms with E-state index in [0.29, 0.717) is 0 Å². The van der Waals surface area contributed by atoms with Crippen LogP contribution in [0, 0.1) is 5.82 Å². The van der Waals surface area contributed by atoms with Gasteiger partial charge in [-0.05, 0) is 37.3 Å². The third-order valence-electron chi connectivity index (χ3n) is 3.36. The fourth-order valence-corrected chi connectivity index (χ4v) is 2.26. The molecule has 0 aliphatic heterocycles. The first-order chi connectivity index (χ1) is 12.8. The smallest absolute Gasteiger partial charge is 0.344 e. The van der Waals surface area contributed by atoms with Crippen LogP contribution in [0.4, 0.5) is 10.1 Å². The minimum atomic E-state index is -1.16. The van der Waals surface area contributed by atoms with Gasteiger partial charge in [0, 0.05) is 0 Å². The molecular weight excluding hydrogens is 379 g/mol.